The molecule has 1 unspecified atom stereocenters. The molecule has 0 bridgehead atoms. The van der Waals surface area contributed by atoms with Crippen LogP contribution in [0.4, 0.5) is 24.7 Å². The number of nitrogens with zero attached hydrogens (tertiary/aromatic N) is 5. The number of nitrogens with one attached hydrogen (secondary N) is 1. The molecule has 0 radical (unpaired) electrons. The predicted molar refractivity (Wildman–Crippen MR) is 170 cm³/mol. The first-order valence-electron chi connectivity index (χ1n) is 14.7. The number of hydrogen-bond donors (Lipinski definition) is 3. The number of nitrogens with two attached hydrogens (primary N) is 1. The summed E-state index contributed by atoms with van der Waals surface area (Å²) in [6.07, 6.45) is 2.18. The van der Waals surface area contributed by atoms with Gasteiger partial charge in [-0.05, 0) is 44.9 Å². The van der Waals surface area contributed by atoms with Gasteiger partial charge in [-0.15, -0.1) is 0 Å². The van der Waals surface area contributed by atoms with E-state index >= 15 is 0 Å². The van der Waals surface area contributed by atoms with Gasteiger partial charge < -0.3 is 34.8 Å². The summed E-state index contributed by atoms with van der Waals surface area (Å²) < 4.78 is 50.5. The Morgan fingerprint density at radius 2 is 1.93 bits per heavy atom. The van der Waals surface area contributed by atoms with E-state index in [0.717, 1.165) is 24.0 Å². The summed E-state index contributed by atoms with van der Waals surface area (Å²) in [5.74, 6) is -0.875. The molecule has 5 heterocycles. The van der Waals surface area contributed by atoms with Crippen molar-refractivity contribution in [2.24, 2.45) is 10.7 Å². The van der Waals surface area contributed by atoms with E-state index in [1.54, 1.807) is 36.7 Å². The molecule has 4 aromatic rings. The zero-order chi connectivity index (χ0) is 33.3. The fourth-order valence-electron chi connectivity index (χ4n) is 5.19. The Morgan fingerprint density at radius 1 is 1.22 bits per heavy atom. The van der Waals surface area contributed by atoms with Crippen molar-refractivity contribution in [3.63, 3.8) is 0 Å². The molecule has 3 aromatic heterocycles. The second kappa shape index (κ2) is 15.4. The monoisotopic (exact) mass is 643 g/mol. The van der Waals surface area contributed by atoms with E-state index in [2.05, 4.69) is 24.8 Å². The predicted octanol–water partition coefficient (Wildman–Crippen LogP) is 4.69. The van der Waals surface area contributed by atoms with Crippen LogP contribution in [0, 0.1) is 0 Å². The van der Waals surface area contributed by atoms with Crippen LogP contribution in [0.5, 0.6) is 0 Å². The van der Waals surface area contributed by atoms with Crippen molar-refractivity contribution < 1.29 is 32.2 Å². The van der Waals surface area contributed by atoms with Crippen molar-refractivity contribution in [3.8, 4) is 0 Å². The molecular formula is C31H36F3N7O5. The second-order valence-corrected chi connectivity index (χ2v) is 10.4. The molecule has 246 valence electrons. The van der Waals surface area contributed by atoms with Crippen LogP contribution in [0.1, 0.15) is 38.1 Å². The third-order valence-electron chi connectivity index (χ3n) is 7.35. The summed E-state index contributed by atoms with van der Waals surface area (Å²) in [4.78, 5) is 38.8. The number of benzene rings is 1. The molecule has 0 amide bonds. The number of H-pyrrole nitrogens is 1. The van der Waals surface area contributed by atoms with Gasteiger partial charge in [-0.25, -0.2) is 9.97 Å². The minimum Gasteiger partial charge on any atom is -0.483 e. The Balaban J connectivity index is 0.000000193. The zero-order valence-corrected chi connectivity index (χ0v) is 25.5. The zero-order valence-electron chi connectivity index (χ0n) is 25.5. The number of alkyl halides is 3. The quantitative estimate of drug-likeness (QED) is 0.205. The lowest BCUT2D eigenvalue weighted by molar-refractivity contribution is -0.144. The van der Waals surface area contributed by atoms with Gasteiger partial charge in [-0.3, -0.25) is 14.6 Å². The number of carboxylic acid groups (broad SMARTS) is 1. The molecule has 1 aromatic carbocycles. The Labute approximate surface area is 262 Å². The van der Waals surface area contributed by atoms with Crippen molar-refractivity contribution in [2.45, 2.75) is 38.9 Å². The van der Waals surface area contributed by atoms with Gasteiger partial charge >= 0.3 is 6.18 Å². The van der Waals surface area contributed by atoms with Crippen LogP contribution in [0.15, 0.2) is 56.9 Å². The van der Waals surface area contributed by atoms with E-state index in [-0.39, 0.29) is 29.4 Å². The van der Waals surface area contributed by atoms with E-state index in [1.165, 1.54) is 6.20 Å². The van der Waals surface area contributed by atoms with Gasteiger partial charge in [0.2, 0.25) is 5.82 Å². The summed E-state index contributed by atoms with van der Waals surface area (Å²) in [6.45, 7) is 7.76. The summed E-state index contributed by atoms with van der Waals surface area (Å²) >= 11 is 0. The number of hydrogen-bond acceptors (Lipinski definition) is 10. The standard InChI is InChI=1S/C15H12F3N3O.C15H22N4O2.CH2O2/c16-15(17,18)14-19-11-9-5-1-2-6-10(9)22-12(11)13(20-14)21-7-3-4-8-21;1-3-17-8-13(7-16)12-6-14(15(20)18-9-12)19-4-5-21-10-11(19)2;2-1-3/h1-2,5-6H,3-4,7-8H2;6-9,11H,3-5,10,16H2,1-2H3,(H,18,20);1H,(H,2,3)/b;13-7+,17-8?;. The van der Waals surface area contributed by atoms with Gasteiger partial charge in [0.25, 0.3) is 12.0 Å². The van der Waals surface area contributed by atoms with Crippen LogP contribution in [0.3, 0.4) is 0 Å². The highest BCUT2D eigenvalue weighted by Gasteiger charge is 2.37. The molecule has 2 fully saturated rings. The van der Waals surface area contributed by atoms with Crippen LogP contribution < -0.4 is 21.1 Å². The van der Waals surface area contributed by atoms with Crippen LogP contribution in [0.25, 0.3) is 27.6 Å². The normalized spacial score (nSPS) is 17.2. The summed E-state index contributed by atoms with van der Waals surface area (Å²) in [5.41, 5.74) is 8.91. The lowest BCUT2D eigenvalue weighted by Crippen LogP contribution is -2.45. The number of aliphatic imine (C=N–C) groups is 1. The smallest absolute Gasteiger partial charge is 0.451 e. The number of furan rings is 1. The molecule has 0 saturated carbocycles. The van der Waals surface area contributed by atoms with Crippen LogP contribution in [-0.2, 0) is 15.7 Å². The molecular weight excluding hydrogens is 607 g/mol. The van der Waals surface area contributed by atoms with E-state index in [1.807, 2.05) is 24.8 Å². The number of ether oxygens (including phenoxy) is 1. The van der Waals surface area contributed by atoms with Gasteiger partial charge in [0.15, 0.2) is 11.4 Å². The van der Waals surface area contributed by atoms with Gasteiger partial charge in [-0.2, -0.15) is 13.2 Å². The van der Waals surface area contributed by atoms with Crippen molar-refractivity contribution in [1.82, 2.24) is 15.0 Å². The van der Waals surface area contributed by atoms with Crippen LogP contribution >= 0.6 is 0 Å². The van der Waals surface area contributed by atoms with E-state index in [0.29, 0.717) is 61.6 Å². The fraction of sp³-hybridized carbons (Fsp3) is 0.387. The lowest BCUT2D eigenvalue weighted by atomic mass is 10.1. The number of halogens is 3. The number of carbonyl (C=O) groups is 1. The highest BCUT2D eigenvalue weighted by Crippen LogP contribution is 2.37. The summed E-state index contributed by atoms with van der Waals surface area (Å²) in [5, 5.41) is 7.46. The van der Waals surface area contributed by atoms with Crippen molar-refractivity contribution in [3.05, 3.63) is 64.5 Å². The molecule has 2 aliphatic heterocycles. The lowest BCUT2D eigenvalue weighted by Gasteiger charge is -2.34. The van der Waals surface area contributed by atoms with Crippen molar-refractivity contribution >= 4 is 51.8 Å². The molecule has 15 heteroatoms. The number of anilines is 2. The van der Waals surface area contributed by atoms with E-state index in [9.17, 15) is 18.0 Å². The highest BCUT2D eigenvalue weighted by atomic mass is 19.4. The van der Waals surface area contributed by atoms with Crippen LogP contribution in [0.2, 0.25) is 0 Å². The van der Waals surface area contributed by atoms with Gasteiger partial charge in [0.1, 0.15) is 16.8 Å². The van der Waals surface area contributed by atoms with Gasteiger partial charge in [-0.1, -0.05) is 12.1 Å². The first-order chi connectivity index (χ1) is 22.1. The molecule has 1 atom stereocenters. The van der Waals surface area contributed by atoms with Crippen molar-refractivity contribution in [1.29, 1.82) is 0 Å². The molecule has 6 rings (SSSR count). The van der Waals surface area contributed by atoms with E-state index in [4.69, 9.17) is 24.8 Å². The summed E-state index contributed by atoms with van der Waals surface area (Å²) in [7, 11) is 0. The number of pyridine rings is 1. The fourth-order valence-corrected chi connectivity index (χ4v) is 5.19. The van der Waals surface area contributed by atoms with Crippen LogP contribution in [-0.4, -0.2) is 78.2 Å². The SMILES string of the molecule is CCN=C/C(=C\N)c1c[nH]c(=O)c(N2CCOCC2C)c1.FC(F)(F)c1nc(N2CCCC2)c2oc3ccccc3c2n1.O=CO. The maximum atomic E-state index is 13.1. The molecule has 4 N–H and O–H groups in total. The number of para-hydroxylation sites is 1. The minimum atomic E-state index is -4.58. The number of morpholine rings is 1. The number of allylic oxidation sites excluding steroid dienone is 1. The molecule has 46 heavy (non-hydrogen) atoms. The molecule has 12 nitrogen and oxygen atoms in total. The molecule has 2 saturated heterocycles. The maximum Gasteiger partial charge on any atom is 0.451 e. The highest BCUT2D eigenvalue weighted by molar-refractivity contribution is 6.09. The third-order valence-corrected chi connectivity index (χ3v) is 7.35. The first-order valence-corrected chi connectivity index (χ1v) is 14.7. The Morgan fingerprint density at radius 3 is 2.59 bits per heavy atom. The topological polar surface area (TPSA) is 163 Å². The Bertz CT molecular complexity index is 1750. The Hall–Kier alpha value is -4.92. The van der Waals surface area contributed by atoms with E-state index < -0.39 is 12.0 Å². The molecule has 0 aliphatic carbocycles. The average Bonchev–Trinajstić information content (AvgIpc) is 3.71. The maximum absolute atomic E-state index is 13.1. The van der Waals surface area contributed by atoms with Crippen molar-refractivity contribution in [2.75, 3.05) is 49.2 Å². The number of aromatic amines is 1. The number of aromatic nitrogens is 3. The van der Waals surface area contributed by atoms with Gasteiger partial charge in [0, 0.05) is 67.4 Å². The average molecular weight is 644 g/mol. The summed E-state index contributed by atoms with van der Waals surface area (Å²) in [6, 6.07) is 8.99. The number of fused-ring (bicyclic) bond motifs is 3. The number of rotatable bonds is 5. The minimum absolute atomic E-state index is 0.101. The largest absolute Gasteiger partial charge is 0.483 e. The third kappa shape index (κ3) is 7.83. The first kappa shape index (κ1) is 34.0. The molecule has 0 spiro atoms. The Kier molecular flexibility index (Phi) is 11.4. The van der Waals surface area contributed by atoms with Gasteiger partial charge in [0.05, 0.1) is 13.2 Å². The molecule has 2 aliphatic rings. The second-order valence-electron chi connectivity index (χ2n) is 10.4.